The number of carbonyl (C=O) groups is 3. The highest BCUT2D eigenvalue weighted by atomic mass is 79.9. The first-order valence-corrected chi connectivity index (χ1v) is 17.1. The van der Waals surface area contributed by atoms with Crippen LogP contribution in [0.4, 0.5) is 11.4 Å². The molecule has 2 aliphatic carbocycles. The second-order valence-corrected chi connectivity index (χ2v) is 15.0. The summed E-state index contributed by atoms with van der Waals surface area (Å²) in [7, 11) is 0. The van der Waals surface area contributed by atoms with Crippen molar-refractivity contribution in [2.24, 2.45) is 29.6 Å². The van der Waals surface area contributed by atoms with Crippen molar-refractivity contribution in [2.45, 2.75) is 22.6 Å². The molecule has 0 spiro atoms. The summed E-state index contributed by atoms with van der Waals surface area (Å²) in [6, 6.07) is 21.1. The van der Waals surface area contributed by atoms with Gasteiger partial charge in [-0.1, -0.05) is 39.4 Å². The maximum Gasteiger partial charge on any atom is 0.305 e. The fourth-order valence-electron chi connectivity index (χ4n) is 7.90. The largest absolute Gasteiger partial charge is 0.508 e. The van der Waals surface area contributed by atoms with Gasteiger partial charge in [-0.05, 0) is 90.4 Å². The van der Waals surface area contributed by atoms with E-state index in [0.717, 1.165) is 26.4 Å². The molecule has 2 saturated carbocycles. The van der Waals surface area contributed by atoms with Crippen LogP contribution >= 0.6 is 39.0 Å². The number of thioether (sulfide) groups is 1. The Labute approximate surface area is 274 Å². The number of aromatic nitrogens is 1. The summed E-state index contributed by atoms with van der Waals surface area (Å²) in [4.78, 5) is 57.9. The number of thiazole rings is 1. The molecule has 4 aliphatic rings. The topological polar surface area (TPSA) is 129 Å². The summed E-state index contributed by atoms with van der Waals surface area (Å²) in [5, 5.41) is 13.1. The number of H-pyrrole nitrogens is 1. The number of hydrogen-bond acceptors (Lipinski definition) is 8. The van der Waals surface area contributed by atoms with Crippen LogP contribution in [0.1, 0.15) is 22.8 Å². The Bertz CT molecular complexity index is 1890. The Morgan fingerprint density at radius 3 is 2.36 bits per heavy atom. The van der Waals surface area contributed by atoms with Gasteiger partial charge in [0.05, 0.1) is 22.5 Å². The van der Waals surface area contributed by atoms with Crippen molar-refractivity contribution >= 4 is 68.1 Å². The van der Waals surface area contributed by atoms with Crippen LogP contribution in [0.2, 0.25) is 0 Å². The van der Waals surface area contributed by atoms with Gasteiger partial charge >= 0.3 is 4.87 Å². The number of amides is 3. The molecule has 2 aliphatic heterocycles. The molecule has 4 aromatic rings. The van der Waals surface area contributed by atoms with Gasteiger partial charge in [-0.3, -0.25) is 24.1 Å². The fourth-order valence-corrected chi connectivity index (χ4v) is 11.0. The molecule has 4 unspecified atom stereocenters. The minimum Gasteiger partial charge on any atom is -0.508 e. The van der Waals surface area contributed by atoms with E-state index in [1.165, 1.54) is 28.4 Å². The molecular formula is C33H26BrN3O6S2. The van der Waals surface area contributed by atoms with E-state index in [1.807, 2.05) is 36.4 Å². The first-order chi connectivity index (χ1) is 21.8. The Morgan fingerprint density at radius 2 is 1.64 bits per heavy atom. The second kappa shape index (κ2) is 10.9. The molecule has 8 rings (SSSR count). The van der Waals surface area contributed by atoms with Gasteiger partial charge in [-0.25, -0.2) is 0 Å². The summed E-state index contributed by atoms with van der Waals surface area (Å²) in [5.74, 6) is -0.611. The molecule has 3 fully saturated rings. The smallest absolute Gasteiger partial charge is 0.305 e. The Kier molecular flexibility index (Phi) is 6.92. The zero-order valence-corrected chi connectivity index (χ0v) is 26.7. The van der Waals surface area contributed by atoms with Gasteiger partial charge in [0.25, 0.3) is 5.91 Å². The Balaban J connectivity index is 1.05. The number of halogens is 1. The number of phenols is 1. The predicted octanol–water partition coefficient (Wildman–Crippen LogP) is 5.60. The van der Waals surface area contributed by atoms with Crippen LogP contribution in [-0.4, -0.2) is 39.7 Å². The summed E-state index contributed by atoms with van der Waals surface area (Å²) >= 11 is 6.31. The number of benzene rings is 3. The van der Waals surface area contributed by atoms with E-state index in [-0.39, 0.29) is 75.7 Å². The Morgan fingerprint density at radius 1 is 0.956 bits per heavy atom. The summed E-state index contributed by atoms with van der Waals surface area (Å²) in [6.45, 7) is -0.188. The number of carbonyl (C=O) groups excluding carboxylic acids is 3. The molecule has 1 aromatic heterocycles. The van der Waals surface area contributed by atoms with Crippen LogP contribution in [-0.2, 0) is 14.4 Å². The van der Waals surface area contributed by atoms with Crippen LogP contribution in [0.5, 0.6) is 11.5 Å². The lowest BCUT2D eigenvalue weighted by Gasteiger charge is -2.43. The number of nitrogens with zero attached hydrogens (tertiary/aromatic N) is 1. The maximum atomic E-state index is 13.9. The number of ether oxygens (including phenoxy) is 1. The van der Waals surface area contributed by atoms with E-state index in [9.17, 15) is 24.3 Å². The van der Waals surface area contributed by atoms with Crippen LogP contribution in [0.25, 0.3) is 0 Å². The summed E-state index contributed by atoms with van der Waals surface area (Å²) in [5.41, 5.74) is 2.16. The molecule has 3 aromatic carbocycles. The number of aromatic amines is 1. The van der Waals surface area contributed by atoms with Gasteiger partial charge in [0, 0.05) is 26.2 Å². The highest BCUT2D eigenvalue weighted by Crippen LogP contribution is 2.68. The van der Waals surface area contributed by atoms with Gasteiger partial charge in [-0.15, -0.1) is 11.8 Å². The second-order valence-electron chi connectivity index (χ2n) is 11.9. The maximum absolute atomic E-state index is 13.9. The van der Waals surface area contributed by atoms with Crippen molar-refractivity contribution in [2.75, 3.05) is 16.8 Å². The molecule has 9 nitrogen and oxygen atoms in total. The fraction of sp³-hybridized carbons (Fsp3) is 0.273. The monoisotopic (exact) mass is 703 g/mol. The quantitative estimate of drug-likeness (QED) is 0.176. The first kappa shape index (κ1) is 28.6. The lowest BCUT2D eigenvalue weighted by Crippen LogP contribution is -2.42. The normalized spacial score (nSPS) is 27.7. The van der Waals surface area contributed by atoms with E-state index in [2.05, 4.69) is 26.2 Å². The van der Waals surface area contributed by atoms with Crippen molar-refractivity contribution in [3.8, 4) is 11.5 Å². The molecule has 3 amide bonds. The van der Waals surface area contributed by atoms with Crippen LogP contribution in [0.15, 0.2) is 87.1 Å². The molecule has 2 bridgehead atoms. The van der Waals surface area contributed by atoms with Gasteiger partial charge in [0.1, 0.15) is 11.5 Å². The number of imide groups is 1. The average molecular weight is 705 g/mol. The van der Waals surface area contributed by atoms with Gasteiger partial charge in [0.15, 0.2) is 6.61 Å². The van der Waals surface area contributed by atoms with Crippen molar-refractivity contribution in [3.05, 3.63) is 97.4 Å². The third kappa shape index (κ3) is 4.72. The lowest BCUT2D eigenvalue weighted by molar-refractivity contribution is -0.123. The van der Waals surface area contributed by atoms with Crippen LogP contribution in [0, 0.1) is 29.6 Å². The standard InChI is InChI=1S/C33H26BrN3O6S2/c34-16-3-7-18(8-4-16)37-31(40)26-21-13-22(27(26)32(37)41)28-25(21)24(29-30(44-28)36-33(42)45-29)15-1-11-20(12-2-15)43-14-23(39)35-17-5-9-19(38)10-6-17/h1-12,21-22,24-28,38H,13-14H2,(H,35,39)(H,36,42)/t21-,22-,24-,25?,26?,27?,28?/m1/s1. The highest BCUT2D eigenvalue weighted by molar-refractivity contribution is 9.10. The number of aromatic hydroxyl groups is 1. The third-order valence-corrected chi connectivity index (χ3v) is 12.7. The van der Waals surface area contributed by atoms with Crippen molar-refractivity contribution in [1.82, 2.24) is 4.98 Å². The SMILES string of the molecule is O=C(COc1ccc([C@H]2c3sc(=O)[nH]c3SC3C2[C@H]2C[C@@H]3C3C(=O)N(c4ccc(Br)cc4)C(=O)C32)cc1)Nc1ccc(O)cc1. The van der Waals surface area contributed by atoms with Crippen LogP contribution < -0.4 is 19.8 Å². The molecule has 45 heavy (non-hydrogen) atoms. The summed E-state index contributed by atoms with van der Waals surface area (Å²) < 4.78 is 6.63. The van der Waals surface area contributed by atoms with Gasteiger partial charge in [0.2, 0.25) is 11.8 Å². The minimum absolute atomic E-state index is 0.0178. The van der Waals surface area contributed by atoms with Crippen LogP contribution in [0.3, 0.4) is 0 Å². The molecule has 0 radical (unpaired) electrons. The number of nitrogens with one attached hydrogen (secondary N) is 2. The molecule has 1 saturated heterocycles. The molecule has 228 valence electrons. The highest BCUT2D eigenvalue weighted by Gasteiger charge is 2.69. The Hall–Kier alpha value is -3.87. The number of hydrogen-bond donors (Lipinski definition) is 3. The van der Waals surface area contributed by atoms with Crippen molar-refractivity contribution in [1.29, 1.82) is 0 Å². The molecule has 3 N–H and O–H groups in total. The van der Waals surface area contributed by atoms with E-state index in [1.54, 1.807) is 36.0 Å². The average Bonchev–Trinajstić information content (AvgIpc) is 3.77. The van der Waals surface area contributed by atoms with E-state index in [0.29, 0.717) is 17.1 Å². The minimum atomic E-state index is -0.373. The lowest BCUT2D eigenvalue weighted by atomic mass is 9.68. The molecular weight excluding hydrogens is 678 g/mol. The van der Waals surface area contributed by atoms with Gasteiger partial charge < -0.3 is 20.1 Å². The van der Waals surface area contributed by atoms with E-state index >= 15 is 0 Å². The first-order valence-electron chi connectivity index (χ1n) is 14.6. The van der Waals surface area contributed by atoms with Crippen molar-refractivity contribution < 1.29 is 24.2 Å². The van der Waals surface area contributed by atoms with Gasteiger partial charge in [-0.2, -0.15) is 0 Å². The zero-order chi connectivity index (χ0) is 31.0. The third-order valence-electron chi connectivity index (χ3n) is 9.57. The van der Waals surface area contributed by atoms with E-state index < -0.39 is 0 Å². The van der Waals surface area contributed by atoms with E-state index in [4.69, 9.17) is 4.74 Å². The number of fused-ring (bicyclic) bond motifs is 9. The van der Waals surface area contributed by atoms with Crippen molar-refractivity contribution in [3.63, 3.8) is 0 Å². The molecule has 3 heterocycles. The number of anilines is 2. The number of rotatable bonds is 6. The molecule has 12 heteroatoms. The summed E-state index contributed by atoms with van der Waals surface area (Å²) in [6.07, 6.45) is 0.816. The number of phenolic OH excluding ortho intramolecular Hbond substituents is 1. The zero-order valence-electron chi connectivity index (χ0n) is 23.5. The predicted molar refractivity (Wildman–Crippen MR) is 174 cm³/mol. The molecule has 7 atom stereocenters.